The lowest BCUT2D eigenvalue weighted by Crippen LogP contribution is -2.52. The van der Waals surface area contributed by atoms with Gasteiger partial charge in [-0.05, 0) is 45.1 Å². The molecule has 29 heavy (non-hydrogen) atoms. The molecule has 9 heteroatoms. The van der Waals surface area contributed by atoms with E-state index in [1.54, 1.807) is 6.07 Å². The molecule has 2 amide bonds. The molecule has 2 N–H and O–H groups in total. The molecule has 1 aliphatic rings. The number of nitrogens with zero attached hydrogens (tertiary/aromatic N) is 2. The van der Waals surface area contributed by atoms with Crippen LogP contribution in [0.4, 0.5) is 29.3 Å². The lowest BCUT2D eigenvalue weighted by Gasteiger charge is -2.38. The Kier molecular flexibility index (Phi) is 7.76. The summed E-state index contributed by atoms with van der Waals surface area (Å²) in [6, 6.07) is 3.34. The molecule has 0 aromatic heterocycles. The molecule has 1 aliphatic heterocycles. The van der Waals surface area contributed by atoms with Crippen LogP contribution in [0.2, 0.25) is 0 Å². The zero-order valence-corrected chi connectivity index (χ0v) is 17.5. The molecule has 0 unspecified atom stereocenters. The van der Waals surface area contributed by atoms with E-state index >= 15 is 0 Å². The molecular formula is C20H31F3N4O2. The smallest absolute Gasteiger partial charge is 0.378 e. The summed E-state index contributed by atoms with van der Waals surface area (Å²) in [5, 5.41) is 5.10. The van der Waals surface area contributed by atoms with Gasteiger partial charge in [-0.2, -0.15) is 13.2 Å². The molecule has 0 bridgehead atoms. The number of anilines is 2. The van der Waals surface area contributed by atoms with Crippen LogP contribution in [0, 0.1) is 0 Å². The summed E-state index contributed by atoms with van der Waals surface area (Å²) in [6.45, 7) is 6.41. The van der Waals surface area contributed by atoms with Crippen molar-refractivity contribution in [1.29, 1.82) is 0 Å². The highest BCUT2D eigenvalue weighted by Crippen LogP contribution is 2.37. The average molecular weight is 416 g/mol. The predicted molar refractivity (Wildman–Crippen MR) is 108 cm³/mol. The number of amides is 2. The Bertz CT molecular complexity index is 685. The van der Waals surface area contributed by atoms with Crippen LogP contribution in [0.5, 0.6) is 0 Å². The summed E-state index contributed by atoms with van der Waals surface area (Å²) >= 11 is 0. The number of halogens is 3. The van der Waals surface area contributed by atoms with E-state index in [0.717, 1.165) is 18.9 Å². The van der Waals surface area contributed by atoms with E-state index in [2.05, 4.69) is 10.6 Å². The van der Waals surface area contributed by atoms with Crippen LogP contribution >= 0.6 is 0 Å². The number of urea groups is 1. The van der Waals surface area contributed by atoms with E-state index in [1.807, 2.05) is 37.7 Å². The zero-order valence-electron chi connectivity index (χ0n) is 17.5. The highest BCUT2D eigenvalue weighted by molar-refractivity contribution is 5.90. The first-order valence-electron chi connectivity index (χ1n) is 9.89. The van der Waals surface area contributed by atoms with Crippen molar-refractivity contribution in [3.63, 3.8) is 0 Å². The Morgan fingerprint density at radius 1 is 1.17 bits per heavy atom. The van der Waals surface area contributed by atoms with Crippen LogP contribution in [0.1, 0.15) is 32.3 Å². The van der Waals surface area contributed by atoms with Crippen molar-refractivity contribution in [2.75, 3.05) is 57.2 Å². The van der Waals surface area contributed by atoms with Gasteiger partial charge in [0.15, 0.2) is 0 Å². The van der Waals surface area contributed by atoms with Gasteiger partial charge < -0.3 is 25.2 Å². The molecule has 0 spiro atoms. The first-order valence-corrected chi connectivity index (χ1v) is 9.89. The first kappa shape index (κ1) is 23.3. The lowest BCUT2D eigenvalue weighted by molar-refractivity contribution is -0.136. The quantitative estimate of drug-likeness (QED) is 0.710. The average Bonchev–Trinajstić information content (AvgIpc) is 2.69. The maximum atomic E-state index is 13.6. The monoisotopic (exact) mass is 416 g/mol. The maximum absolute atomic E-state index is 13.6. The number of benzene rings is 1. The maximum Gasteiger partial charge on any atom is 0.418 e. The number of hydrogen-bond donors (Lipinski definition) is 2. The number of nitrogens with one attached hydrogen (secondary N) is 2. The van der Waals surface area contributed by atoms with Gasteiger partial charge in [0.05, 0.1) is 24.5 Å². The molecular weight excluding hydrogens is 385 g/mol. The summed E-state index contributed by atoms with van der Waals surface area (Å²) in [5.41, 5.74) is -0.892. The molecule has 6 nitrogen and oxygen atoms in total. The molecule has 1 aromatic carbocycles. The third kappa shape index (κ3) is 5.76. The fourth-order valence-corrected chi connectivity index (χ4v) is 3.60. The number of rotatable bonds is 7. The first-order chi connectivity index (χ1) is 13.6. The van der Waals surface area contributed by atoms with E-state index in [-0.39, 0.29) is 11.2 Å². The van der Waals surface area contributed by atoms with Crippen LogP contribution in [-0.4, -0.2) is 63.4 Å². The van der Waals surface area contributed by atoms with Gasteiger partial charge in [0.25, 0.3) is 0 Å². The topological polar surface area (TPSA) is 56.8 Å². The predicted octanol–water partition coefficient (Wildman–Crippen LogP) is 3.78. The normalized spacial score (nSPS) is 15.5. The standard InChI is InChI=1S/C20H31F3N4O2/c1-5-19(6-2,26(3)4)14-24-18(28)25-17-8-7-15(13-16(17)20(21,22)23)27-9-11-29-12-10-27/h7-8,13H,5-6,9-12,14H2,1-4H3,(H2,24,25,28). The fourth-order valence-electron chi connectivity index (χ4n) is 3.60. The van der Waals surface area contributed by atoms with Crippen LogP contribution < -0.4 is 15.5 Å². The van der Waals surface area contributed by atoms with Crippen molar-refractivity contribution < 1.29 is 22.7 Å². The van der Waals surface area contributed by atoms with Gasteiger partial charge in [-0.1, -0.05) is 13.8 Å². The number of carbonyl (C=O) groups is 1. The Balaban J connectivity index is 2.15. The highest BCUT2D eigenvalue weighted by Gasteiger charge is 2.35. The summed E-state index contributed by atoms with van der Waals surface area (Å²) in [6.07, 6.45) is -2.97. The SMILES string of the molecule is CCC(CC)(CNC(=O)Nc1ccc(N2CCOCC2)cc1C(F)(F)F)N(C)C. The highest BCUT2D eigenvalue weighted by atomic mass is 19.4. The van der Waals surface area contributed by atoms with E-state index < -0.39 is 17.8 Å². The zero-order chi connectivity index (χ0) is 21.7. The number of hydrogen-bond acceptors (Lipinski definition) is 4. The van der Waals surface area contributed by atoms with E-state index in [1.165, 1.54) is 6.07 Å². The molecule has 164 valence electrons. The van der Waals surface area contributed by atoms with Gasteiger partial charge in [0.2, 0.25) is 0 Å². The molecule has 1 saturated heterocycles. The third-order valence-electron chi connectivity index (χ3n) is 5.78. The number of ether oxygens (including phenoxy) is 1. The molecule has 0 atom stereocenters. The molecule has 1 heterocycles. The Labute approximate surface area is 170 Å². The van der Waals surface area contributed by atoms with Crippen molar-refractivity contribution in [2.45, 2.75) is 38.4 Å². The number of morpholine rings is 1. The summed E-state index contributed by atoms with van der Waals surface area (Å²) in [5.74, 6) is 0. The largest absolute Gasteiger partial charge is 0.418 e. The molecule has 2 rings (SSSR count). The summed E-state index contributed by atoms with van der Waals surface area (Å²) < 4.78 is 46.1. The summed E-state index contributed by atoms with van der Waals surface area (Å²) in [7, 11) is 3.86. The van der Waals surface area contributed by atoms with Crippen molar-refractivity contribution >= 4 is 17.4 Å². The van der Waals surface area contributed by atoms with Crippen molar-refractivity contribution in [1.82, 2.24) is 10.2 Å². The van der Waals surface area contributed by atoms with E-state index in [0.29, 0.717) is 38.5 Å². The fraction of sp³-hybridized carbons (Fsp3) is 0.650. The van der Waals surface area contributed by atoms with Gasteiger partial charge in [-0.3, -0.25) is 0 Å². The Morgan fingerprint density at radius 3 is 2.31 bits per heavy atom. The van der Waals surface area contributed by atoms with Gasteiger partial charge in [-0.25, -0.2) is 4.79 Å². The minimum absolute atomic E-state index is 0.246. The van der Waals surface area contributed by atoms with Crippen LogP contribution in [0.25, 0.3) is 0 Å². The van der Waals surface area contributed by atoms with Crippen LogP contribution in [0.3, 0.4) is 0 Å². The minimum Gasteiger partial charge on any atom is -0.378 e. The number of carbonyl (C=O) groups excluding carboxylic acids is 1. The van der Waals surface area contributed by atoms with Gasteiger partial charge in [0.1, 0.15) is 0 Å². The van der Waals surface area contributed by atoms with Crippen molar-refractivity contribution in [3.05, 3.63) is 23.8 Å². The Morgan fingerprint density at radius 2 is 1.79 bits per heavy atom. The van der Waals surface area contributed by atoms with Crippen LogP contribution in [0.15, 0.2) is 18.2 Å². The Hall–Kier alpha value is -2.00. The summed E-state index contributed by atoms with van der Waals surface area (Å²) in [4.78, 5) is 16.2. The second-order valence-corrected chi connectivity index (χ2v) is 7.46. The molecule has 1 fully saturated rings. The molecule has 1 aromatic rings. The van der Waals surface area contributed by atoms with Crippen LogP contribution in [-0.2, 0) is 10.9 Å². The van der Waals surface area contributed by atoms with Gasteiger partial charge in [0, 0.05) is 30.9 Å². The van der Waals surface area contributed by atoms with Crippen molar-refractivity contribution in [2.24, 2.45) is 0 Å². The van der Waals surface area contributed by atoms with Gasteiger partial charge >= 0.3 is 12.2 Å². The van der Waals surface area contributed by atoms with E-state index in [4.69, 9.17) is 4.74 Å². The molecule has 0 aliphatic carbocycles. The lowest BCUT2D eigenvalue weighted by atomic mass is 9.91. The van der Waals surface area contributed by atoms with E-state index in [9.17, 15) is 18.0 Å². The van der Waals surface area contributed by atoms with Gasteiger partial charge in [-0.15, -0.1) is 0 Å². The molecule has 0 radical (unpaired) electrons. The third-order valence-corrected chi connectivity index (χ3v) is 5.78. The second kappa shape index (κ2) is 9.67. The van der Waals surface area contributed by atoms with Crippen molar-refractivity contribution in [3.8, 4) is 0 Å². The minimum atomic E-state index is -4.58. The number of alkyl halides is 3. The molecule has 0 saturated carbocycles. The second-order valence-electron chi connectivity index (χ2n) is 7.46. The number of likely N-dealkylation sites (N-methyl/N-ethyl adjacent to an activating group) is 1.